The van der Waals surface area contributed by atoms with Gasteiger partial charge < -0.3 is 9.84 Å². The third-order valence-electron chi connectivity index (χ3n) is 3.42. The van der Waals surface area contributed by atoms with Gasteiger partial charge in [0.15, 0.2) is 5.82 Å². The summed E-state index contributed by atoms with van der Waals surface area (Å²) in [6.07, 6.45) is 0. The summed E-state index contributed by atoms with van der Waals surface area (Å²) >= 11 is 0.651. The number of aryl methyl sites for hydroxylation is 1. The van der Waals surface area contributed by atoms with Crippen molar-refractivity contribution in [2.24, 2.45) is 0 Å². The third kappa shape index (κ3) is 4.08. The maximum absolute atomic E-state index is 14.0. The second kappa shape index (κ2) is 7.65. The topological polar surface area (TPSA) is 55.1 Å². The Labute approximate surface area is 151 Å². The van der Waals surface area contributed by atoms with Crippen LogP contribution in [-0.2, 0) is 4.79 Å². The fourth-order valence-electron chi connectivity index (χ4n) is 2.28. The van der Waals surface area contributed by atoms with Crippen LogP contribution in [0.1, 0.15) is 16.6 Å². The summed E-state index contributed by atoms with van der Waals surface area (Å²) in [4.78, 5) is 12.2. The average molecular weight is 378 g/mol. The quantitative estimate of drug-likeness (QED) is 0.644. The molecule has 1 heterocycles. The second-order valence-electron chi connectivity index (χ2n) is 5.42. The number of hydrogen-bond donors (Lipinski definition) is 1. The summed E-state index contributed by atoms with van der Waals surface area (Å²) < 4.78 is 46.1. The monoisotopic (exact) mass is 378 g/mol. The van der Waals surface area contributed by atoms with Gasteiger partial charge in [0.05, 0.1) is 4.90 Å². The van der Waals surface area contributed by atoms with Crippen molar-refractivity contribution in [3.63, 3.8) is 0 Å². The Morgan fingerprint density at radius 1 is 1.12 bits per heavy atom. The first kappa shape index (κ1) is 18.1. The molecule has 0 aliphatic heterocycles. The molecule has 134 valence electrons. The van der Waals surface area contributed by atoms with Gasteiger partial charge in [0.2, 0.25) is 5.91 Å². The van der Waals surface area contributed by atoms with E-state index < -0.39 is 33.5 Å². The normalized spacial score (nSPS) is 12.0. The Morgan fingerprint density at radius 3 is 2.35 bits per heavy atom. The summed E-state index contributed by atoms with van der Waals surface area (Å²) in [5.41, 5.74) is 0.526. The number of rotatable bonds is 5. The molecule has 0 saturated heterocycles. The number of aromatic nitrogens is 1. The maximum Gasteiger partial charge on any atom is 0.243 e. The number of anilines is 1. The van der Waals surface area contributed by atoms with E-state index in [0.717, 1.165) is 0 Å². The highest BCUT2D eigenvalue weighted by molar-refractivity contribution is 8.00. The number of nitrogens with zero attached hydrogens (tertiary/aromatic N) is 1. The lowest BCUT2D eigenvalue weighted by Gasteiger charge is -2.17. The molecular formula is C18H13F3N2O2S. The summed E-state index contributed by atoms with van der Waals surface area (Å²) in [5.74, 6) is -3.02. The Hall–Kier alpha value is -2.74. The summed E-state index contributed by atoms with van der Waals surface area (Å²) in [7, 11) is 0. The summed E-state index contributed by atoms with van der Waals surface area (Å²) in [5, 5.41) is 5.24. The number of amides is 1. The van der Waals surface area contributed by atoms with Gasteiger partial charge in [-0.05, 0) is 12.5 Å². The third-order valence-corrected chi connectivity index (χ3v) is 4.77. The molecule has 3 aromatic rings. The SMILES string of the molecule is Cc1cc(NC(=O)C(Sc2c(F)cc(F)cc2F)c2ccccc2)no1. The number of carbonyl (C=O) groups excluding carboxylic acids is 1. The molecule has 4 nitrogen and oxygen atoms in total. The van der Waals surface area contributed by atoms with E-state index in [2.05, 4.69) is 10.5 Å². The molecule has 1 N–H and O–H groups in total. The number of nitrogens with one attached hydrogen (secondary N) is 1. The van der Waals surface area contributed by atoms with Crippen LogP contribution in [0.15, 0.2) is 57.9 Å². The van der Waals surface area contributed by atoms with E-state index in [4.69, 9.17) is 4.52 Å². The van der Waals surface area contributed by atoms with E-state index >= 15 is 0 Å². The van der Waals surface area contributed by atoms with Crippen LogP contribution in [0.25, 0.3) is 0 Å². The van der Waals surface area contributed by atoms with E-state index in [1.807, 2.05) is 0 Å². The van der Waals surface area contributed by atoms with Crippen LogP contribution in [-0.4, -0.2) is 11.1 Å². The van der Waals surface area contributed by atoms with Crippen molar-refractivity contribution in [2.45, 2.75) is 17.1 Å². The van der Waals surface area contributed by atoms with Crippen molar-refractivity contribution in [1.29, 1.82) is 0 Å². The van der Waals surface area contributed by atoms with E-state index in [1.165, 1.54) is 6.07 Å². The largest absolute Gasteiger partial charge is 0.360 e. The predicted octanol–water partition coefficient (Wildman–Crippen LogP) is 4.87. The molecule has 2 aromatic carbocycles. The molecule has 1 amide bonds. The maximum atomic E-state index is 14.0. The molecule has 1 aromatic heterocycles. The van der Waals surface area contributed by atoms with Gasteiger partial charge in [0.1, 0.15) is 28.5 Å². The molecule has 3 rings (SSSR count). The molecule has 8 heteroatoms. The molecule has 1 unspecified atom stereocenters. The first-order valence-corrected chi connectivity index (χ1v) is 8.42. The zero-order valence-corrected chi connectivity index (χ0v) is 14.3. The van der Waals surface area contributed by atoms with Gasteiger partial charge >= 0.3 is 0 Å². The lowest BCUT2D eigenvalue weighted by atomic mass is 10.1. The van der Waals surface area contributed by atoms with Gasteiger partial charge in [0, 0.05) is 18.2 Å². The molecule has 0 aliphatic carbocycles. The Morgan fingerprint density at radius 2 is 1.77 bits per heavy atom. The number of benzene rings is 2. The van der Waals surface area contributed by atoms with Crippen molar-refractivity contribution in [1.82, 2.24) is 5.16 Å². The highest BCUT2D eigenvalue weighted by atomic mass is 32.2. The van der Waals surface area contributed by atoms with E-state index in [0.29, 0.717) is 35.2 Å². The number of carbonyl (C=O) groups is 1. The molecule has 0 radical (unpaired) electrons. The van der Waals surface area contributed by atoms with Crippen LogP contribution < -0.4 is 5.32 Å². The van der Waals surface area contributed by atoms with Crippen LogP contribution in [0, 0.1) is 24.4 Å². The van der Waals surface area contributed by atoms with Crippen molar-refractivity contribution in [3.05, 3.63) is 77.3 Å². The van der Waals surface area contributed by atoms with Crippen LogP contribution in [0.3, 0.4) is 0 Å². The van der Waals surface area contributed by atoms with Gasteiger partial charge in [-0.15, -0.1) is 11.8 Å². The van der Waals surface area contributed by atoms with E-state index in [9.17, 15) is 18.0 Å². The molecule has 1 atom stereocenters. The van der Waals surface area contributed by atoms with Crippen LogP contribution in [0.4, 0.5) is 19.0 Å². The van der Waals surface area contributed by atoms with Crippen LogP contribution >= 0.6 is 11.8 Å². The zero-order valence-electron chi connectivity index (χ0n) is 13.5. The lowest BCUT2D eigenvalue weighted by Crippen LogP contribution is -2.19. The van der Waals surface area contributed by atoms with Gasteiger partial charge in [-0.2, -0.15) is 0 Å². The number of halogens is 3. The minimum Gasteiger partial charge on any atom is -0.360 e. The van der Waals surface area contributed by atoms with Crippen LogP contribution in [0.2, 0.25) is 0 Å². The minimum absolute atomic E-state index is 0.189. The van der Waals surface area contributed by atoms with Crippen molar-refractivity contribution < 1.29 is 22.5 Å². The van der Waals surface area contributed by atoms with E-state index in [-0.39, 0.29) is 5.82 Å². The van der Waals surface area contributed by atoms with Crippen molar-refractivity contribution in [2.75, 3.05) is 5.32 Å². The molecule has 0 spiro atoms. The Kier molecular flexibility index (Phi) is 5.32. The highest BCUT2D eigenvalue weighted by Gasteiger charge is 2.26. The molecule has 0 aliphatic rings. The summed E-state index contributed by atoms with van der Waals surface area (Å²) in [6.45, 7) is 1.66. The lowest BCUT2D eigenvalue weighted by molar-refractivity contribution is -0.115. The van der Waals surface area contributed by atoms with Gasteiger partial charge in [-0.3, -0.25) is 4.79 Å². The average Bonchev–Trinajstić information content (AvgIpc) is 2.99. The zero-order chi connectivity index (χ0) is 18.7. The first-order valence-electron chi connectivity index (χ1n) is 7.54. The molecule has 0 fully saturated rings. The van der Waals surface area contributed by atoms with Crippen LogP contribution in [0.5, 0.6) is 0 Å². The molecular weight excluding hydrogens is 365 g/mol. The molecule has 0 bridgehead atoms. The number of thioether (sulfide) groups is 1. The van der Waals surface area contributed by atoms with Gasteiger partial charge in [-0.1, -0.05) is 35.5 Å². The standard InChI is InChI=1S/C18H13F3N2O2S/c1-10-7-15(23-25-10)22-18(24)16(11-5-3-2-4-6-11)26-17-13(20)8-12(19)9-14(17)21/h2-9,16H,1H3,(H,22,23,24). The first-order chi connectivity index (χ1) is 12.4. The molecule has 0 saturated carbocycles. The second-order valence-corrected chi connectivity index (χ2v) is 6.53. The predicted molar refractivity (Wildman–Crippen MR) is 91.2 cm³/mol. The fourth-order valence-corrected chi connectivity index (χ4v) is 3.32. The number of hydrogen-bond acceptors (Lipinski definition) is 4. The van der Waals surface area contributed by atoms with Gasteiger partial charge in [0.25, 0.3) is 0 Å². The highest BCUT2D eigenvalue weighted by Crippen LogP contribution is 2.39. The molecule has 26 heavy (non-hydrogen) atoms. The minimum atomic E-state index is -1.07. The van der Waals surface area contributed by atoms with Gasteiger partial charge in [-0.25, -0.2) is 13.2 Å². The summed E-state index contributed by atoms with van der Waals surface area (Å²) in [6, 6.07) is 11.1. The van der Waals surface area contributed by atoms with E-state index in [1.54, 1.807) is 37.3 Å². The fraction of sp³-hybridized carbons (Fsp3) is 0.111. The van der Waals surface area contributed by atoms with Crippen molar-refractivity contribution in [3.8, 4) is 0 Å². The smallest absolute Gasteiger partial charge is 0.243 e. The Bertz CT molecular complexity index is 908. The Balaban J connectivity index is 1.93. The van der Waals surface area contributed by atoms with Crippen molar-refractivity contribution >= 4 is 23.5 Å².